The van der Waals surface area contributed by atoms with Gasteiger partial charge in [-0.3, -0.25) is 9.59 Å². The normalized spacial score (nSPS) is 12.4. The zero-order chi connectivity index (χ0) is 24.8. The largest absolute Gasteiger partial charge is 0.467 e. The Morgan fingerprint density at radius 2 is 1.80 bits per heavy atom. The maximum Gasteiger partial charge on any atom is 0.251 e. The lowest BCUT2D eigenvalue weighted by Crippen LogP contribution is -2.51. The van der Waals surface area contributed by atoms with Gasteiger partial charge in [-0.2, -0.15) is 0 Å². The minimum Gasteiger partial charge on any atom is -0.467 e. The van der Waals surface area contributed by atoms with Crippen molar-refractivity contribution in [3.63, 3.8) is 0 Å². The molecule has 4 rings (SSSR count). The van der Waals surface area contributed by atoms with Crippen molar-refractivity contribution in [1.29, 1.82) is 0 Å². The summed E-state index contributed by atoms with van der Waals surface area (Å²) in [5.41, 5.74) is 2.11. The third-order valence-electron chi connectivity index (χ3n) is 6.23. The van der Waals surface area contributed by atoms with Crippen molar-refractivity contribution in [3.8, 4) is 0 Å². The Hall–Kier alpha value is -3.94. The van der Waals surface area contributed by atoms with E-state index in [1.165, 1.54) is 6.26 Å². The number of carbonyl (C=O) groups is 2. The first-order chi connectivity index (χ1) is 16.9. The molecule has 0 aliphatic carbocycles. The van der Waals surface area contributed by atoms with E-state index in [-0.39, 0.29) is 18.4 Å². The minimum atomic E-state index is -0.915. The van der Waals surface area contributed by atoms with E-state index in [1.54, 1.807) is 21.7 Å². The first-order valence-corrected chi connectivity index (χ1v) is 11.8. The Balaban J connectivity index is 1.67. The van der Waals surface area contributed by atoms with Gasteiger partial charge in [-0.25, -0.2) is 4.68 Å². The molecule has 1 atom stereocenters. The number of nitrogens with one attached hydrogen (secondary N) is 1. The molecule has 1 unspecified atom stereocenters. The molecule has 0 saturated carbocycles. The summed E-state index contributed by atoms with van der Waals surface area (Å²) in [6.07, 6.45) is 2.85. The van der Waals surface area contributed by atoms with Crippen molar-refractivity contribution < 1.29 is 14.0 Å². The van der Waals surface area contributed by atoms with Gasteiger partial charge in [0.15, 0.2) is 6.04 Å². The Bertz CT molecular complexity index is 1260. The van der Waals surface area contributed by atoms with Crippen molar-refractivity contribution >= 4 is 22.8 Å². The number of aromatic nitrogens is 3. The van der Waals surface area contributed by atoms with E-state index >= 15 is 0 Å². The van der Waals surface area contributed by atoms with Crippen molar-refractivity contribution in [3.05, 3.63) is 84.3 Å². The van der Waals surface area contributed by atoms with E-state index in [0.717, 1.165) is 17.5 Å². The number of hydrogen-bond donors (Lipinski definition) is 1. The molecule has 2 amide bonds. The van der Waals surface area contributed by atoms with Crippen molar-refractivity contribution in [1.82, 2.24) is 25.2 Å². The maximum absolute atomic E-state index is 13.8. The molecule has 0 saturated heterocycles. The lowest BCUT2D eigenvalue weighted by Gasteiger charge is -2.33. The molecule has 0 spiro atoms. The number of nitrogens with zero attached hydrogens (tertiary/aromatic N) is 4. The van der Waals surface area contributed by atoms with Gasteiger partial charge in [0, 0.05) is 12.1 Å². The number of benzene rings is 2. The number of hydrogen-bond acceptors (Lipinski definition) is 5. The number of para-hydroxylation sites is 1. The van der Waals surface area contributed by atoms with Crippen LogP contribution in [0.25, 0.3) is 11.0 Å². The molecule has 2 aromatic carbocycles. The zero-order valence-corrected chi connectivity index (χ0v) is 20.3. The van der Waals surface area contributed by atoms with Gasteiger partial charge in [0.25, 0.3) is 5.91 Å². The van der Waals surface area contributed by atoms with Crippen LogP contribution in [0.3, 0.4) is 0 Å². The maximum atomic E-state index is 13.8. The first-order valence-electron chi connectivity index (χ1n) is 11.8. The average molecular weight is 474 g/mol. The average Bonchev–Trinajstić information content (AvgIpc) is 3.52. The molecule has 0 bridgehead atoms. The molecular weight excluding hydrogens is 442 g/mol. The third kappa shape index (κ3) is 5.77. The summed E-state index contributed by atoms with van der Waals surface area (Å²) >= 11 is 0. The van der Waals surface area contributed by atoms with E-state index in [9.17, 15) is 9.59 Å². The third-order valence-corrected chi connectivity index (χ3v) is 6.23. The van der Waals surface area contributed by atoms with Gasteiger partial charge >= 0.3 is 0 Å². The monoisotopic (exact) mass is 473 g/mol. The molecule has 182 valence electrons. The van der Waals surface area contributed by atoms with Crippen LogP contribution in [-0.4, -0.2) is 43.8 Å². The number of amides is 2. The van der Waals surface area contributed by atoms with Crippen LogP contribution >= 0.6 is 0 Å². The van der Waals surface area contributed by atoms with Gasteiger partial charge in [0.1, 0.15) is 17.8 Å². The smallest absolute Gasteiger partial charge is 0.251 e. The van der Waals surface area contributed by atoms with Crippen LogP contribution in [0.5, 0.6) is 0 Å². The van der Waals surface area contributed by atoms with Crippen molar-refractivity contribution in [2.24, 2.45) is 0 Å². The van der Waals surface area contributed by atoms with E-state index in [4.69, 9.17) is 4.42 Å². The Morgan fingerprint density at radius 1 is 1.06 bits per heavy atom. The lowest BCUT2D eigenvalue weighted by atomic mass is 10.0. The topological polar surface area (TPSA) is 93.3 Å². The molecule has 8 heteroatoms. The zero-order valence-electron chi connectivity index (χ0n) is 20.3. The van der Waals surface area contributed by atoms with Gasteiger partial charge in [0.05, 0.1) is 11.8 Å². The van der Waals surface area contributed by atoms with Crippen LogP contribution in [0.1, 0.15) is 44.6 Å². The summed E-state index contributed by atoms with van der Waals surface area (Å²) < 4.78 is 7.23. The van der Waals surface area contributed by atoms with E-state index in [0.29, 0.717) is 24.2 Å². The molecule has 0 fully saturated rings. The summed E-state index contributed by atoms with van der Waals surface area (Å²) in [5, 5.41) is 11.4. The Morgan fingerprint density at radius 3 is 2.51 bits per heavy atom. The molecule has 0 aliphatic heterocycles. The van der Waals surface area contributed by atoms with Gasteiger partial charge in [-0.05, 0) is 56.5 Å². The molecule has 0 radical (unpaired) electrons. The summed E-state index contributed by atoms with van der Waals surface area (Å²) in [7, 11) is 0. The second-order valence-corrected chi connectivity index (χ2v) is 9.20. The predicted molar refractivity (Wildman–Crippen MR) is 133 cm³/mol. The summed E-state index contributed by atoms with van der Waals surface area (Å²) in [6, 6.07) is 19.9. The summed E-state index contributed by atoms with van der Waals surface area (Å²) in [6.45, 7) is 6.22. The van der Waals surface area contributed by atoms with Gasteiger partial charge in [-0.15, -0.1) is 5.10 Å². The van der Waals surface area contributed by atoms with Crippen LogP contribution in [0.2, 0.25) is 0 Å². The van der Waals surface area contributed by atoms with Gasteiger partial charge in [-0.1, -0.05) is 54.6 Å². The highest BCUT2D eigenvalue weighted by Crippen LogP contribution is 2.25. The fourth-order valence-corrected chi connectivity index (χ4v) is 3.91. The van der Waals surface area contributed by atoms with E-state index in [1.807, 2.05) is 75.4 Å². The molecule has 2 aromatic heterocycles. The fraction of sp³-hybridized carbons (Fsp3) is 0.333. The van der Waals surface area contributed by atoms with Crippen molar-refractivity contribution in [2.45, 2.75) is 51.7 Å². The van der Waals surface area contributed by atoms with Crippen LogP contribution in [0.4, 0.5) is 0 Å². The van der Waals surface area contributed by atoms with E-state index in [2.05, 4.69) is 15.6 Å². The number of fused-ring (bicyclic) bond motifs is 1. The van der Waals surface area contributed by atoms with Gasteiger partial charge < -0.3 is 14.6 Å². The number of carbonyl (C=O) groups excluding carboxylic acids is 2. The number of rotatable bonds is 10. The number of furan rings is 1. The molecule has 35 heavy (non-hydrogen) atoms. The second-order valence-electron chi connectivity index (χ2n) is 9.20. The second kappa shape index (κ2) is 10.5. The summed E-state index contributed by atoms with van der Waals surface area (Å²) in [4.78, 5) is 28.9. The first kappa shape index (κ1) is 24.2. The minimum absolute atomic E-state index is 0.0447. The molecule has 4 aromatic rings. The van der Waals surface area contributed by atoms with Crippen LogP contribution < -0.4 is 5.32 Å². The standard InChI is InChI=1S/C27H31N5O3/c1-4-27(2,3)28-26(34)25(23-15-10-18-35-23)31(17-16-20-11-6-5-7-12-20)24(33)19-32-22-14-9-8-13-21(22)29-30-32/h5-15,18,25H,4,16-17,19H2,1-3H3,(H,28,34). The molecular formula is C27H31N5O3. The van der Waals surface area contributed by atoms with Crippen LogP contribution in [0.15, 0.2) is 77.4 Å². The van der Waals surface area contributed by atoms with Crippen LogP contribution in [-0.2, 0) is 22.6 Å². The predicted octanol–water partition coefficient (Wildman–Crippen LogP) is 4.14. The van der Waals surface area contributed by atoms with Gasteiger partial charge in [0.2, 0.25) is 5.91 Å². The lowest BCUT2D eigenvalue weighted by molar-refractivity contribution is -0.142. The molecule has 0 aliphatic rings. The summed E-state index contributed by atoms with van der Waals surface area (Å²) in [5.74, 6) is -0.113. The highest BCUT2D eigenvalue weighted by Gasteiger charge is 2.35. The quantitative estimate of drug-likeness (QED) is 0.374. The van der Waals surface area contributed by atoms with Crippen molar-refractivity contribution in [2.75, 3.05) is 6.54 Å². The molecule has 1 N–H and O–H groups in total. The Kier molecular flexibility index (Phi) is 7.29. The molecule has 2 heterocycles. The highest BCUT2D eigenvalue weighted by molar-refractivity contribution is 5.89. The molecule has 8 nitrogen and oxygen atoms in total. The highest BCUT2D eigenvalue weighted by atomic mass is 16.3. The van der Waals surface area contributed by atoms with Crippen LogP contribution in [0, 0.1) is 0 Å². The fourth-order valence-electron chi connectivity index (χ4n) is 3.91. The van der Waals surface area contributed by atoms with E-state index < -0.39 is 11.6 Å². The Labute approximate surface area is 204 Å². The SMILES string of the molecule is CCC(C)(C)NC(=O)C(c1ccco1)N(CCc1ccccc1)C(=O)Cn1nnc2ccccc21.